The van der Waals surface area contributed by atoms with E-state index in [-0.39, 0.29) is 22.3 Å². The van der Waals surface area contributed by atoms with Gasteiger partial charge in [0.2, 0.25) is 22.6 Å². The Hall–Kier alpha value is -3.46. The van der Waals surface area contributed by atoms with Gasteiger partial charge >= 0.3 is 5.97 Å². The van der Waals surface area contributed by atoms with E-state index in [4.69, 9.17) is 14.2 Å². The molecule has 0 radical (unpaired) electrons. The molecule has 5 aliphatic rings. The molecule has 2 aliphatic heterocycles. The maximum absolute atomic E-state index is 14.5. The summed E-state index contributed by atoms with van der Waals surface area (Å²) >= 11 is 0. The first kappa shape index (κ1) is 20.9. The topological polar surface area (TPSA) is 120 Å². The molecule has 1 saturated carbocycles. The van der Waals surface area contributed by atoms with Gasteiger partial charge in [-0.05, 0) is 19.9 Å². The van der Waals surface area contributed by atoms with Crippen molar-refractivity contribution in [2.75, 3.05) is 7.11 Å². The summed E-state index contributed by atoms with van der Waals surface area (Å²) in [6.07, 6.45) is 3.05. The maximum Gasteiger partial charge on any atom is 0.326 e. The molecule has 176 valence electrons. The average molecular weight is 472 g/mol. The van der Waals surface area contributed by atoms with Gasteiger partial charge in [0, 0.05) is 22.3 Å². The van der Waals surface area contributed by atoms with E-state index in [2.05, 4.69) is 0 Å². The molecule has 8 nitrogen and oxygen atoms in total. The normalized spacial score (nSPS) is 40.7. The molecule has 2 aromatic carbocycles. The highest BCUT2D eigenvalue weighted by Crippen LogP contribution is 2.85. The van der Waals surface area contributed by atoms with Crippen molar-refractivity contribution < 1.29 is 38.5 Å². The second-order valence-corrected chi connectivity index (χ2v) is 10.3. The number of fused-ring (bicyclic) bond motifs is 3. The number of Topliss-reactive ketones (excluding diaryl/α,β-unsaturated/α-hetero) is 3. The third-order valence-corrected chi connectivity index (χ3v) is 8.49. The monoisotopic (exact) mass is 472 g/mol. The van der Waals surface area contributed by atoms with Crippen LogP contribution in [0.4, 0.5) is 0 Å². The van der Waals surface area contributed by atoms with Gasteiger partial charge in [-0.25, -0.2) is 0 Å². The zero-order valence-electron chi connectivity index (χ0n) is 19.1. The summed E-state index contributed by atoms with van der Waals surface area (Å²) in [5, 5.41) is 12.9. The molecule has 2 heterocycles. The van der Waals surface area contributed by atoms with Gasteiger partial charge in [-0.3, -0.25) is 19.2 Å². The van der Waals surface area contributed by atoms with Gasteiger partial charge in [-0.15, -0.1) is 0 Å². The first-order chi connectivity index (χ1) is 16.5. The van der Waals surface area contributed by atoms with Crippen molar-refractivity contribution in [2.45, 2.75) is 41.9 Å². The first-order valence-electron chi connectivity index (χ1n) is 11.3. The molecule has 3 aliphatic carbocycles. The van der Waals surface area contributed by atoms with E-state index in [1.807, 2.05) is 0 Å². The summed E-state index contributed by atoms with van der Waals surface area (Å²) in [4.78, 5) is 56.9. The number of hydrogen-bond acceptors (Lipinski definition) is 8. The third kappa shape index (κ3) is 1.60. The minimum Gasteiger partial charge on any atom is -0.468 e. The summed E-state index contributed by atoms with van der Waals surface area (Å²) in [7, 11) is 1.09. The summed E-state index contributed by atoms with van der Waals surface area (Å²) < 4.78 is 17.7. The molecular weight excluding hydrogens is 452 g/mol. The van der Waals surface area contributed by atoms with Gasteiger partial charge in [0.15, 0.2) is 22.6 Å². The van der Waals surface area contributed by atoms with Gasteiger partial charge in [0.05, 0.1) is 12.7 Å². The molecule has 0 unspecified atom stereocenters. The number of ether oxygens (including phenoxy) is 3. The van der Waals surface area contributed by atoms with Crippen LogP contribution >= 0.6 is 0 Å². The molecule has 0 amide bonds. The van der Waals surface area contributed by atoms with Crippen LogP contribution in [-0.2, 0) is 24.6 Å². The van der Waals surface area contributed by atoms with Crippen molar-refractivity contribution in [3.05, 3.63) is 82.9 Å². The lowest BCUT2D eigenvalue weighted by Crippen LogP contribution is -2.72. The van der Waals surface area contributed by atoms with E-state index in [1.165, 1.54) is 30.3 Å². The minimum atomic E-state index is -2.51. The fourth-order valence-corrected chi connectivity index (χ4v) is 7.33. The van der Waals surface area contributed by atoms with Gasteiger partial charge in [-0.2, -0.15) is 0 Å². The van der Waals surface area contributed by atoms with Crippen LogP contribution in [0.25, 0.3) is 0 Å². The van der Waals surface area contributed by atoms with E-state index in [9.17, 15) is 24.3 Å². The average Bonchev–Trinajstić information content (AvgIpc) is 3.45. The molecule has 5 atom stereocenters. The summed E-state index contributed by atoms with van der Waals surface area (Å²) in [6, 6.07) is 12.3. The molecule has 2 aromatic rings. The highest BCUT2D eigenvalue weighted by Gasteiger charge is 3.10. The summed E-state index contributed by atoms with van der Waals surface area (Å²) in [5.41, 5.74) is -12.6. The van der Waals surface area contributed by atoms with Crippen LogP contribution in [0.15, 0.2) is 60.7 Å². The Labute approximate surface area is 199 Å². The van der Waals surface area contributed by atoms with Crippen LogP contribution in [0.3, 0.4) is 0 Å². The number of carbonyl (C=O) groups is 4. The zero-order valence-corrected chi connectivity index (χ0v) is 19.1. The molecular formula is C27H20O8. The number of methoxy groups -OCH3 is 1. The van der Waals surface area contributed by atoms with Crippen LogP contribution in [0.2, 0.25) is 0 Å². The molecule has 1 saturated heterocycles. The summed E-state index contributed by atoms with van der Waals surface area (Å²) in [6.45, 7) is 3.39. The van der Waals surface area contributed by atoms with Crippen molar-refractivity contribution in [1.82, 2.24) is 0 Å². The van der Waals surface area contributed by atoms with Crippen molar-refractivity contribution in [1.29, 1.82) is 0 Å². The lowest BCUT2D eigenvalue weighted by molar-refractivity contribution is -0.246. The SMILES string of the molecule is COC(=O)[C@]12C(=O)c3ccccc3[C@](O)([C@]13C=CC(C)(C)O3)[C@]13O[C@@]12C(=O)c1ccccc1C3=O. The Morgan fingerprint density at radius 2 is 1.37 bits per heavy atom. The second kappa shape index (κ2) is 5.51. The van der Waals surface area contributed by atoms with E-state index < -0.39 is 56.7 Å². The molecule has 0 aromatic heterocycles. The molecule has 1 N–H and O–H groups in total. The number of aliphatic hydroxyl groups is 1. The Morgan fingerprint density at radius 1 is 0.800 bits per heavy atom. The Balaban J connectivity index is 1.73. The lowest BCUT2D eigenvalue weighted by Gasteiger charge is -2.53. The molecule has 35 heavy (non-hydrogen) atoms. The van der Waals surface area contributed by atoms with Crippen LogP contribution in [-0.4, -0.2) is 57.9 Å². The van der Waals surface area contributed by atoms with Crippen LogP contribution in [0, 0.1) is 5.41 Å². The van der Waals surface area contributed by atoms with Gasteiger partial charge in [0.25, 0.3) is 0 Å². The molecule has 2 fully saturated rings. The smallest absolute Gasteiger partial charge is 0.326 e. The predicted octanol–water partition coefficient (Wildman–Crippen LogP) is 1.93. The quantitative estimate of drug-likeness (QED) is 0.289. The van der Waals surface area contributed by atoms with Gasteiger partial charge < -0.3 is 19.3 Å². The number of benzene rings is 2. The minimum absolute atomic E-state index is 0.00818. The van der Waals surface area contributed by atoms with Gasteiger partial charge in [0.1, 0.15) is 0 Å². The highest BCUT2D eigenvalue weighted by atomic mass is 16.7. The van der Waals surface area contributed by atoms with Gasteiger partial charge in [-0.1, -0.05) is 54.6 Å². The Bertz CT molecular complexity index is 1490. The largest absolute Gasteiger partial charge is 0.468 e. The predicted molar refractivity (Wildman–Crippen MR) is 118 cm³/mol. The molecule has 1 spiro atoms. The van der Waals surface area contributed by atoms with Crippen molar-refractivity contribution in [3.63, 3.8) is 0 Å². The Morgan fingerprint density at radius 3 is 1.94 bits per heavy atom. The summed E-state index contributed by atoms with van der Waals surface area (Å²) in [5.74, 6) is -3.34. The standard InChI is InChI=1S/C27H20O8/c1-22(2)12-13-23(34-22)24(21(31)33-3)18(28)16-10-6-7-11-17(16)25(23,32)27-20(30)15-9-5-4-8-14(15)19(29)26(24,27)35-27/h4-13,32H,1-3H3/t23-,24+,25-,26+,27-/m0/s1. The molecule has 7 rings (SSSR count). The van der Waals surface area contributed by atoms with Crippen molar-refractivity contribution >= 4 is 23.3 Å². The third-order valence-electron chi connectivity index (χ3n) is 8.49. The molecule has 2 bridgehead atoms. The van der Waals surface area contributed by atoms with Crippen LogP contribution in [0.1, 0.15) is 50.5 Å². The van der Waals surface area contributed by atoms with E-state index in [0.717, 1.165) is 7.11 Å². The van der Waals surface area contributed by atoms with Crippen molar-refractivity contribution in [2.24, 2.45) is 5.41 Å². The lowest BCUT2D eigenvalue weighted by atomic mass is 9.55. The number of ketones is 3. The number of carbonyl (C=O) groups excluding carboxylic acids is 4. The molecule has 8 heteroatoms. The van der Waals surface area contributed by atoms with Crippen molar-refractivity contribution in [3.8, 4) is 0 Å². The number of hydrogen-bond donors (Lipinski definition) is 1. The number of esters is 1. The Kier molecular flexibility index (Phi) is 3.29. The first-order valence-corrected chi connectivity index (χ1v) is 11.3. The van der Waals surface area contributed by atoms with E-state index >= 15 is 0 Å². The van der Waals surface area contributed by atoms with E-state index in [1.54, 1.807) is 44.2 Å². The van der Waals surface area contributed by atoms with Crippen LogP contribution < -0.4 is 0 Å². The second-order valence-electron chi connectivity index (χ2n) is 10.3. The fraction of sp³-hybridized carbons (Fsp3) is 0.333. The van der Waals surface area contributed by atoms with Crippen LogP contribution in [0.5, 0.6) is 0 Å². The zero-order chi connectivity index (χ0) is 24.8. The highest BCUT2D eigenvalue weighted by molar-refractivity contribution is 6.35. The van der Waals surface area contributed by atoms with E-state index in [0.29, 0.717) is 0 Å². The number of epoxide rings is 1. The fourth-order valence-electron chi connectivity index (χ4n) is 7.33. The number of rotatable bonds is 1. The maximum atomic E-state index is 14.5.